The van der Waals surface area contributed by atoms with Crippen molar-refractivity contribution < 1.29 is 5.11 Å². The van der Waals surface area contributed by atoms with Crippen LogP contribution in [-0.4, -0.2) is 28.1 Å². The van der Waals surface area contributed by atoms with Gasteiger partial charge in [0.1, 0.15) is 5.76 Å². The molecule has 98 valence electrons. The molecular formula is C14H26N2O. The first-order valence-electron chi connectivity index (χ1n) is 6.80. The van der Waals surface area contributed by atoms with Crippen LogP contribution >= 0.6 is 0 Å². The Balaban J connectivity index is 2.28. The molecule has 1 fully saturated rings. The summed E-state index contributed by atoms with van der Waals surface area (Å²) in [6.07, 6.45) is 4.04. The molecule has 1 unspecified atom stereocenters. The third-order valence-electron chi connectivity index (χ3n) is 5.14. The maximum absolute atomic E-state index is 10.5. The monoisotopic (exact) mass is 238 g/mol. The van der Waals surface area contributed by atoms with E-state index in [9.17, 15) is 5.11 Å². The molecule has 1 aliphatic carbocycles. The summed E-state index contributed by atoms with van der Waals surface area (Å²) in [6, 6.07) is 0.406. The molecule has 3 heteroatoms. The fourth-order valence-electron chi connectivity index (χ4n) is 3.72. The molecule has 1 atom stereocenters. The van der Waals surface area contributed by atoms with Crippen molar-refractivity contribution >= 4 is 0 Å². The molecular weight excluding hydrogens is 212 g/mol. The zero-order valence-electron chi connectivity index (χ0n) is 11.6. The lowest BCUT2D eigenvalue weighted by Gasteiger charge is -2.45. The number of aliphatic hydroxyl groups is 1. The molecule has 2 rings (SSSR count). The van der Waals surface area contributed by atoms with E-state index in [1.165, 1.54) is 0 Å². The molecule has 17 heavy (non-hydrogen) atoms. The molecule has 0 aromatic heterocycles. The number of nitrogens with two attached hydrogens (primary N) is 1. The van der Waals surface area contributed by atoms with Crippen LogP contribution < -0.4 is 5.73 Å². The standard InChI is InChI=1S/C14H26N2O/c1-5-16-10(2)12(17)14(11(16)3)8-6-13(4,15)7-9-14/h11,17H,5-9,15H2,1-4H3. The van der Waals surface area contributed by atoms with Gasteiger partial charge in [-0.3, -0.25) is 0 Å². The van der Waals surface area contributed by atoms with Gasteiger partial charge in [-0.25, -0.2) is 0 Å². The lowest BCUT2D eigenvalue weighted by atomic mass is 9.64. The number of nitrogens with zero attached hydrogens (tertiary/aromatic N) is 1. The quantitative estimate of drug-likeness (QED) is 0.738. The Bertz CT molecular complexity index is 336. The second-order valence-corrected chi connectivity index (χ2v) is 6.21. The van der Waals surface area contributed by atoms with Crippen molar-refractivity contribution in [2.24, 2.45) is 11.1 Å². The van der Waals surface area contributed by atoms with E-state index in [1.807, 2.05) is 6.92 Å². The van der Waals surface area contributed by atoms with Crippen molar-refractivity contribution in [3.8, 4) is 0 Å². The lowest BCUT2D eigenvalue weighted by Crippen LogP contribution is -2.48. The Kier molecular flexibility index (Phi) is 2.93. The van der Waals surface area contributed by atoms with Crippen molar-refractivity contribution in [3.63, 3.8) is 0 Å². The minimum atomic E-state index is -0.0429. The number of allylic oxidation sites excluding steroid dienone is 1. The van der Waals surface area contributed by atoms with Gasteiger partial charge in [0.2, 0.25) is 0 Å². The SMILES string of the molecule is CCN1C(C)=C(O)C2(CCC(C)(N)CC2)C1C. The Morgan fingerprint density at radius 2 is 1.88 bits per heavy atom. The van der Waals surface area contributed by atoms with Gasteiger partial charge in [-0.05, 0) is 53.4 Å². The summed E-state index contributed by atoms with van der Waals surface area (Å²) < 4.78 is 0. The average Bonchev–Trinajstić information content (AvgIpc) is 2.45. The Hall–Kier alpha value is -0.700. The van der Waals surface area contributed by atoms with Gasteiger partial charge < -0.3 is 15.7 Å². The summed E-state index contributed by atoms with van der Waals surface area (Å²) in [5.41, 5.74) is 7.21. The minimum Gasteiger partial charge on any atom is -0.510 e. The van der Waals surface area contributed by atoms with Crippen LogP contribution in [0.5, 0.6) is 0 Å². The highest BCUT2D eigenvalue weighted by Crippen LogP contribution is 2.53. The van der Waals surface area contributed by atoms with Crippen LogP contribution in [0, 0.1) is 5.41 Å². The van der Waals surface area contributed by atoms with Crippen molar-refractivity contribution in [2.45, 2.75) is 65.0 Å². The summed E-state index contributed by atoms with van der Waals surface area (Å²) in [6.45, 7) is 9.54. The average molecular weight is 238 g/mol. The van der Waals surface area contributed by atoms with Gasteiger partial charge in [-0.1, -0.05) is 0 Å². The predicted octanol–water partition coefficient (Wildman–Crippen LogP) is 2.78. The van der Waals surface area contributed by atoms with Crippen molar-refractivity contribution in [1.29, 1.82) is 0 Å². The molecule has 0 aromatic carbocycles. The Labute approximate surface area is 105 Å². The van der Waals surface area contributed by atoms with Gasteiger partial charge in [0, 0.05) is 29.2 Å². The second-order valence-electron chi connectivity index (χ2n) is 6.21. The van der Waals surface area contributed by atoms with Crippen LogP contribution in [0.1, 0.15) is 53.4 Å². The first kappa shape index (κ1) is 12.7. The molecule has 3 N–H and O–H groups in total. The van der Waals surface area contributed by atoms with E-state index in [1.54, 1.807) is 0 Å². The van der Waals surface area contributed by atoms with E-state index in [4.69, 9.17) is 5.73 Å². The summed E-state index contributed by atoms with van der Waals surface area (Å²) in [7, 11) is 0. The number of hydrogen-bond donors (Lipinski definition) is 2. The molecule has 1 saturated carbocycles. The highest BCUT2D eigenvalue weighted by Gasteiger charge is 2.52. The van der Waals surface area contributed by atoms with Crippen LogP contribution in [0.15, 0.2) is 11.5 Å². The van der Waals surface area contributed by atoms with Crippen LogP contribution in [0.4, 0.5) is 0 Å². The summed E-state index contributed by atoms with van der Waals surface area (Å²) in [4.78, 5) is 2.33. The topological polar surface area (TPSA) is 49.5 Å². The van der Waals surface area contributed by atoms with E-state index in [0.29, 0.717) is 11.8 Å². The van der Waals surface area contributed by atoms with Crippen LogP contribution in [0.2, 0.25) is 0 Å². The van der Waals surface area contributed by atoms with E-state index in [-0.39, 0.29) is 11.0 Å². The molecule has 1 heterocycles. The first-order valence-corrected chi connectivity index (χ1v) is 6.80. The second kappa shape index (κ2) is 3.91. The minimum absolute atomic E-state index is 0.0288. The summed E-state index contributed by atoms with van der Waals surface area (Å²) in [5, 5.41) is 10.5. The van der Waals surface area contributed by atoms with E-state index in [0.717, 1.165) is 37.9 Å². The van der Waals surface area contributed by atoms with Gasteiger partial charge in [-0.15, -0.1) is 0 Å². The number of rotatable bonds is 1. The third kappa shape index (κ3) is 1.75. The molecule has 1 spiro atoms. The maximum atomic E-state index is 10.5. The molecule has 0 amide bonds. The normalized spacial score (nSPS) is 42.6. The van der Waals surface area contributed by atoms with Crippen molar-refractivity contribution in [3.05, 3.63) is 11.5 Å². The zero-order valence-corrected chi connectivity index (χ0v) is 11.6. The smallest absolute Gasteiger partial charge is 0.119 e. The Morgan fingerprint density at radius 3 is 2.29 bits per heavy atom. The van der Waals surface area contributed by atoms with Crippen LogP contribution in [-0.2, 0) is 0 Å². The predicted molar refractivity (Wildman–Crippen MR) is 70.7 cm³/mol. The highest BCUT2D eigenvalue weighted by atomic mass is 16.3. The highest BCUT2D eigenvalue weighted by molar-refractivity contribution is 5.26. The molecule has 1 aliphatic heterocycles. The largest absolute Gasteiger partial charge is 0.510 e. The maximum Gasteiger partial charge on any atom is 0.119 e. The third-order valence-corrected chi connectivity index (χ3v) is 5.14. The number of aliphatic hydroxyl groups excluding tert-OH is 1. The molecule has 2 aliphatic rings. The van der Waals surface area contributed by atoms with Crippen molar-refractivity contribution in [2.75, 3.05) is 6.54 Å². The van der Waals surface area contributed by atoms with Gasteiger partial charge >= 0.3 is 0 Å². The van der Waals surface area contributed by atoms with Gasteiger partial charge in [0.25, 0.3) is 0 Å². The molecule has 0 aromatic rings. The van der Waals surface area contributed by atoms with E-state index >= 15 is 0 Å². The Morgan fingerprint density at radius 1 is 1.35 bits per heavy atom. The summed E-state index contributed by atoms with van der Waals surface area (Å²) >= 11 is 0. The molecule has 3 nitrogen and oxygen atoms in total. The van der Waals surface area contributed by atoms with Gasteiger partial charge in [0.15, 0.2) is 0 Å². The zero-order chi connectivity index (χ0) is 12.8. The van der Waals surface area contributed by atoms with E-state index in [2.05, 4.69) is 25.7 Å². The van der Waals surface area contributed by atoms with Gasteiger partial charge in [-0.2, -0.15) is 0 Å². The van der Waals surface area contributed by atoms with Crippen molar-refractivity contribution in [1.82, 2.24) is 4.90 Å². The molecule has 0 bridgehead atoms. The van der Waals surface area contributed by atoms with Crippen LogP contribution in [0.3, 0.4) is 0 Å². The fourth-order valence-corrected chi connectivity index (χ4v) is 3.72. The van der Waals surface area contributed by atoms with E-state index < -0.39 is 0 Å². The fraction of sp³-hybridized carbons (Fsp3) is 0.857. The first-order chi connectivity index (χ1) is 7.84. The summed E-state index contributed by atoms with van der Waals surface area (Å²) in [5.74, 6) is 0.627. The molecule has 0 saturated heterocycles. The van der Waals surface area contributed by atoms with Gasteiger partial charge in [0.05, 0.1) is 0 Å². The number of hydrogen-bond acceptors (Lipinski definition) is 3. The van der Waals surface area contributed by atoms with Crippen LogP contribution in [0.25, 0.3) is 0 Å². The molecule has 0 radical (unpaired) electrons. The lowest BCUT2D eigenvalue weighted by molar-refractivity contribution is 0.0742.